The van der Waals surface area contributed by atoms with Gasteiger partial charge < -0.3 is 9.88 Å². The van der Waals surface area contributed by atoms with Crippen LogP contribution in [0.15, 0.2) is 60.0 Å². The Bertz CT molecular complexity index is 1240. The van der Waals surface area contributed by atoms with Gasteiger partial charge in [0.05, 0.1) is 11.9 Å². The van der Waals surface area contributed by atoms with Crippen molar-refractivity contribution in [3.05, 3.63) is 82.4 Å². The molecule has 8 heteroatoms. The fraction of sp³-hybridized carbons (Fsp3) is 0.190. The number of rotatable bonds is 5. The zero-order valence-electron chi connectivity index (χ0n) is 16.2. The van der Waals surface area contributed by atoms with E-state index in [9.17, 15) is 9.59 Å². The van der Waals surface area contributed by atoms with Crippen LogP contribution in [0.5, 0.6) is 0 Å². The molecular formula is C21H20N6O2. The third kappa shape index (κ3) is 3.77. The molecule has 29 heavy (non-hydrogen) atoms. The van der Waals surface area contributed by atoms with Crippen LogP contribution in [-0.2, 0) is 6.54 Å². The first-order valence-corrected chi connectivity index (χ1v) is 9.23. The first kappa shape index (κ1) is 18.5. The predicted octanol–water partition coefficient (Wildman–Crippen LogP) is 2.00. The van der Waals surface area contributed by atoms with Crippen molar-refractivity contribution < 1.29 is 4.79 Å². The Balaban J connectivity index is 1.54. The number of carbonyl (C=O) groups excluding carboxylic acids is 1. The summed E-state index contributed by atoms with van der Waals surface area (Å²) in [6.45, 7) is 4.69. The molecule has 4 aromatic rings. The van der Waals surface area contributed by atoms with Crippen molar-refractivity contribution in [3.8, 4) is 11.3 Å². The molecule has 0 aliphatic heterocycles. The van der Waals surface area contributed by atoms with Crippen LogP contribution in [0.1, 0.15) is 21.6 Å². The van der Waals surface area contributed by atoms with Gasteiger partial charge in [0.15, 0.2) is 0 Å². The van der Waals surface area contributed by atoms with Gasteiger partial charge in [-0.3, -0.25) is 14.6 Å². The van der Waals surface area contributed by atoms with E-state index in [-0.39, 0.29) is 17.2 Å². The number of nitrogens with one attached hydrogen (secondary N) is 1. The van der Waals surface area contributed by atoms with Crippen LogP contribution >= 0.6 is 0 Å². The van der Waals surface area contributed by atoms with Gasteiger partial charge in [0.25, 0.3) is 11.5 Å². The Morgan fingerprint density at radius 3 is 2.79 bits per heavy atom. The highest BCUT2D eigenvalue weighted by Crippen LogP contribution is 2.23. The topological polar surface area (TPSA) is 94.2 Å². The zero-order chi connectivity index (χ0) is 20.4. The van der Waals surface area contributed by atoms with E-state index in [2.05, 4.69) is 32.5 Å². The number of nitrogens with zero attached hydrogens (tertiary/aromatic N) is 5. The van der Waals surface area contributed by atoms with E-state index in [4.69, 9.17) is 0 Å². The minimum atomic E-state index is -0.325. The fourth-order valence-electron chi connectivity index (χ4n) is 3.14. The van der Waals surface area contributed by atoms with E-state index in [1.807, 2.05) is 19.9 Å². The van der Waals surface area contributed by atoms with E-state index in [0.717, 1.165) is 22.4 Å². The maximum atomic E-state index is 12.8. The summed E-state index contributed by atoms with van der Waals surface area (Å²) in [6, 6.07) is 7.97. The van der Waals surface area contributed by atoms with Gasteiger partial charge >= 0.3 is 0 Å². The lowest BCUT2D eigenvalue weighted by atomic mass is 10.0. The molecule has 0 aliphatic rings. The van der Waals surface area contributed by atoms with Crippen molar-refractivity contribution in [1.29, 1.82) is 0 Å². The Morgan fingerprint density at radius 1 is 1.14 bits per heavy atom. The summed E-state index contributed by atoms with van der Waals surface area (Å²) in [5, 5.41) is 7.30. The summed E-state index contributed by atoms with van der Waals surface area (Å²) in [5.41, 5.74) is 4.58. The second-order valence-corrected chi connectivity index (χ2v) is 6.82. The van der Waals surface area contributed by atoms with Crippen LogP contribution in [0.2, 0.25) is 0 Å². The maximum absolute atomic E-state index is 12.8. The van der Waals surface area contributed by atoms with Crippen molar-refractivity contribution in [2.45, 2.75) is 20.4 Å². The molecule has 3 aromatic heterocycles. The summed E-state index contributed by atoms with van der Waals surface area (Å²) in [5.74, 6) is -0.325. The van der Waals surface area contributed by atoms with Gasteiger partial charge in [0.2, 0.25) is 0 Å². The van der Waals surface area contributed by atoms with Gasteiger partial charge in [-0.15, -0.1) is 0 Å². The minimum absolute atomic E-state index is 0.162. The van der Waals surface area contributed by atoms with E-state index in [1.165, 1.54) is 18.6 Å². The van der Waals surface area contributed by atoms with Gasteiger partial charge in [-0.1, -0.05) is 17.7 Å². The number of aromatic nitrogens is 5. The highest BCUT2D eigenvalue weighted by molar-refractivity contribution is 5.91. The summed E-state index contributed by atoms with van der Waals surface area (Å²) in [4.78, 5) is 32.7. The van der Waals surface area contributed by atoms with Crippen molar-refractivity contribution in [3.63, 3.8) is 0 Å². The highest BCUT2D eigenvalue weighted by atomic mass is 16.2. The lowest BCUT2D eigenvalue weighted by Gasteiger charge is -2.07. The number of aryl methyl sites for hydroxylation is 2. The lowest BCUT2D eigenvalue weighted by molar-refractivity contribution is 0.0947. The Hall–Kier alpha value is -3.81. The first-order valence-electron chi connectivity index (χ1n) is 9.23. The monoisotopic (exact) mass is 388 g/mol. The number of fused-ring (bicyclic) bond motifs is 1. The molecule has 146 valence electrons. The Labute approximate surface area is 166 Å². The van der Waals surface area contributed by atoms with Crippen molar-refractivity contribution in [1.82, 2.24) is 29.5 Å². The average Bonchev–Trinajstić information content (AvgIpc) is 3.17. The van der Waals surface area contributed by atoms with Gasteiger partial charge in [0, 0.05) is 43.4 Å². The molecule has 0 unspecified atom stereocenters. The molecule has 0 bridgehead atoms. The largest absolute Gasteiger partial charge is 0.349 e. The summed E-state index contributed by atoms with van der Waals surface area (Å²) < 4.78 is 3.15. The van der Waals surface area contributed by atoms with Crippen LogP contribution in [0.3, 0.4) is 0 Å². The fourth-order valence-corrected chi connectivity index (χ4v) is 3.14. The molecule has 1 amide bonds. The number of carbonyl (C=O) groups is 1. The quantitative estimate of drug-likeness (QED) is 0.564. The molecule has 3 heterocycles. The van der Waals surface area contributed by atoms with Crippen molar-refractivity contribution >= 4 is 11.4 Å². The third-order valence-electron chi connectivity index (χ3n) is 4.71. The SMILES string of the molecule is Cc1ccc(C)c(-c2cc3c(=O)n(CCNC(=O)c4cnccn4)ccn3n2)c1. The van der Waals surface area contributed by atoms with Crippen LogP contribution in [0, 0.1) is 13.8 Å². The summed E-state index contributed by atoms with van der Waals surface area (Å²) in [7, 11) is 0. The molecule has 0 radical (unpaired) electrons. The van der Waals surface area contributed by atoms with Gasteiger partial charge in [-0.2, -0.15) is 5.10 Å². The highest BCUT2D eigenvalue weighted by Gasteiger charge is 2.12. The maximum Gasteiger partial charge on any atom is 0.276 e. The molecule has 0 spiro atoms. The second-order valence-electron chi connectivity index (χ2n) is 6.82. The van der Waals surface area contributed by atoms with E-state index < -0.39 is 0 Å². The molecule has 0 saturated heterocycles. The van der Waals surface area contributed by atoms with Crippen molar-refractivity contribution in [2.75, 3.05) is 6.54 Å². The smallest absolute Gasteiger partial charge is 0.276 e. The normalized spacial score (nSPS) is 11.0. The second kappa shape index (κ2) is 7.67. The van der Waals surface area contributed by atoms with Gasteiger partial charge in [0.1, 0.15) is 11.2 Å². The predicted molar refractivity (Wildman–Crippen MR) is 109 cm³/mol. The third-order valence-corrected chi connectivity index (χ3v) is 4.71. The lowest BCUT2D eigenvalue weighted by Crippen LogP contribution is -2.31. The van der Waals surface area contributed by atoms with E-state index >= 15 is 0 Å². The Morgan fingerprint density at radius 2 is 2.00 bits per heavy atom. The molecule has 0 saturated carbocycles. The zero-order valence-corrected chi connectivity index (χ0v) is 16.2. The van der Waals surface area contributed by atoms with Gasteiger partial charge in [-0.25, -0.2) is 9.50 Å². The van der Waals surface area contributed by atoms with Crippen LogP contribution in [0.25, 0.3) is 16.8 Å². The molecular weight excluding hydrogens is 368 g/mol. The number of hydrogen-bond donors (Lipinski definition) is 1. The van der Waals surface area contributed by atoms with E-state index in [0.29, 0.717) is 18.6 Å². The van der Waals surface area contributed by atoms with Crippen LogP contribution < -0.4 is 10.9 Å². The number of hydrogen-bond acceptors (Lipinski definition) is 5. The minimum Gasteiger partial charge on any atom is -0.349 e. The van der Waals surface area contributed by atoms with Crippen LogP contribution in [-0.4, -0.2) is 36.6 Å². The molecule has 1 aromatic carbocycles. The molecule has 0 atom stereocenters. The first-order chi connectivity index (χ1) is 14.0. The molecule has 8 nitrogen and oxygen atoms in total. The molecule has 1 N–H and O–H groups in total. The summed E-state index contributed by atoms with van der Waals surface area (Å²) in [6.07, 6.45) is 7.78. The van der Waals surface area contributed by atoms with E-state index in [1.54, 1.807) is 27.5 Å². The van der Waals surface area contributed by atoms with Gasteiger partial charge in [-0.05, 0) is 31.5 Å². The number of benzene rings is 1. The Kier molecular flexibility index (Phi) is 4.90. The van der Waals surface area contributed by atoms with Crippen LogP contribution in [0.4, 0.5) is 0 Å². The summed E-state index contributed by atoms with van der Waals surface area (Å²) >= 11 is 0. The van der Waals surface area contributed by atoms with Crippen molar-refractivity contribution in [2.24, 2.45) is 0 Å². The number of amides is 1. The molecule has 0 fully saturated rings. The molecule has 0 aliphatic carbocycles. The average molecular weight is 388 g/mol. The molecule has 4 rings (SSSR count). The standard InChI is InChI=1S/C21H20N6O2/c1-14-3-4-15(2)16(11-14)17-12-19-21(29)26(9-10-27(19)25-17)8-7-24-20(28)18-13-22-5-6-23-18/h3-6,9-13H,7-8H2,1-2H3,(H,24,28).